The fourth-order valence-electron chi connectivity index (χ4n) is 5.86. The Balaban J connectivity index is 0.963. The van der Waals surface area contributed by atoms with E-state index in [4.69, 9.17) is 14.7 Å². The van der Waals surface area contributed by atoms with Gasteiger partial charge in [-0.2, -0.15) is 0 Å². The summed E-state index contributed by atoms with van der Waals surface area (Å²) in [6.07, 6.45) is 9.26. The maximum Gasteiger partial charge on any atom is 0.240 e. The van der Waals surface area contributed by atoms with E-state index in [1.807, 2.05) is 6.20 Å². The number of anilines is 1. The number of imidazole rings is 1. The number of fused-ring (bicyclic) bond motifs is 1. The molecule has 3 aromatic rings. The van der Waals surface area contributed by atoms with Crippen molar-refractivity contribution in [1.29, 1.82) is 0 Å². The molecule has 40 heavy (non-hydrogen) atoms. The Morgan fingerprint density at radius 3 is 2.45 bits per heavy atom. The number of carbonyl (C=O) groups excluding carboxylic acids is 1. The zero-order valence-corrected chi connectivity index (χ0v) is 24.2. The van der Waals surface area contributed by atoms with Gasteiger partial charge in [0.25, 0.3) is 0 Å². The summed E-state index contributed by atoms with van der Waals surface area (Å²) < 4.78 is 32.8. The van der Waals surface area contributed by atoms with E-state index in [0.29, 0.717) is 25.7 Å². The highest BCUT2D eigenvalue weighted by atomic mass is 32.2. The lowest BCUT2D eigenvalue weighted by molar-refractivity contribution is -0.125. The molecule has 0 radical (unpaired) electrons. The number of nitrogens with one attached hydrogen (secondary N) is 2. The maximum atomic E-state index is 12.6. The first-order chi connectivity index (χ1) is 19.2. The first kappa shape index (κ1) is 27.2. The topological polar surface area (TPSA) is 117 Å². The number of amides is 1. The van der Waals surface area contributed by atoms with Crippen LogP contribution in [-0.4, -0.2) is 59.3 Å². The highest BCUT2D eigenvalue weighted by Gasteiger charge is 2.51. The smallest absolute Gasteiger partial charge is 0.240 e. The lowest BCUT2D eigenvalue weighted by Crippen LogP contribution is -2.43. The number of carbonyl (C=O) groups is 1. The number of piperidine rings is 1. The van der Waals surface area contributed by atoms with E-state index < -0.39 is 14.8 Å². The van der Waals surface area contributed by atoms with Crippen molar-refractivity contribution in [3.05, 3.63) is 42.1 Å². The van der Waals surface area contributed by atoms with Crippen LogP contribution in [0.4, 0.5) is 5.82 Å². The summed E-state index contributed by atoms with van der Waals surface area (Å²) in [5.41, 5.74) is 4.27. The Hall–Kier alpha value is -2.98. The molecule has 6 rings (SSSR count). The van der Waals surface area contributed by atoms with Crippen LogP contribution in [0.25, 0.3) is 22.4 Å². The Kier molecular flexibility index (Phi) is 7.33. The summed E-state index contributed by atoms with van der Waals surface area (Å²) in [6, 6.07) is 10.5. The lowest BCUT2D eigenvalue weighted by atomic mass is 9.87. The van der Waals surface area contributed by atoms with E-state index in [9.17, 15) is 13.2 Å². The molecule has 2 aliphatic carbocycles. The Bertz CT molecular complexity index is 1470. The molecular weight excluding hydrogens is 526 g/mol. The van der Waals surface area contributed by atoms with Gasteiger partial charge in [0, 0.05) is 30.8 Å². The van der Waals surface area contributed by atoms with Gasteiger partial charge >= 0.3 is 0 Å². The summed E-state index contributed by atoms with van der Waals surface area (Å²) in [7, 11) is -3.57. The molecule has 3 heterocycles. The van der Waals surface area contributed by atoms with Crippen molar-refractivity contribution in [2.75, 3.05) is 18.0 Å². The number of ether oxygens (including phenoxy) is 1. The zero-order chi connectivity index (χ0) is 27.9. The predicted octanol–water partition coefficient (Wildman–Crippen LogP) is 4.73. The van der Waals surface area contributed by atoms with Crippen molar-refractivity contribution in [2.24, 2.45) is 5.92 Å². The summed E-state index contributed by atoms with van der Waals surface area (Å²) >= 11 is 0. The number of pyridine rings is 1. The van der Waals surface area contributed by atoms with E-state index in [1.165, 1.54) is 5.56 Å². The molecule has 3 aliphatic rings. The van der Waals surface area contributed by atoms with E-state index in [1.54, 1.807) is 6.92 Å². The number of H-pyrrole nitrogens is 1. The van der Waals surface area contributed by atoms with Gasteiger partial charge in [0.2, 0.25) is 15.9 Å². The van der Waals surface area contributed by atoms with Gasteiger partial charge in [0.05, 0.1) is 28.0 Å². The van der Waals surface area contributed by atoms with E-state index >= 15 is 0 Å². The first-order valence-electron chi connectivity index (χ1n) is 14.6. The van der Waals surface area contributed by atoms with Gasteiger partial charge in [0.1, 0.15) is 11.6 Å². The van der Waals surface area contributed by atoms with E-state index in [-0.39, 0.29) is 24.0 Å². The minimum atomic E-state index is -3.57. The number of aromatic nitrogens is 3. The van der Waals surface area contributed by atoms with Crippen molar-refractivity contribution >= 4 is 32.8 Å². The molecule has 2 saturated carbocycles. The number of aromatic amines is 1. The second-order valence-corrected chi connectivity index (χ2v) is 14.1. The predicted molar refractivity (Wildman–Crippen MR) is 155 cm³/mol. The summed E-state index contributed by atoms with van der Waals surface area (Å²) in [4.78, 5) is 27.8. The third kappa shape index (κ3) is 5.61. The highest BCUT2D eigenvalue weighted by molar-refractivity contribution is 7.91. The van der Waals surface area contributed by atoms with Crippen LogP contribution in [0.3, 0.4) is 0 Å². The molecular formula is C30H39N5O4S. The minimum absolute atomic E-state index is 0.132. The minimum Gasteiger partial charge on any atom is -0.375 e. The Morgan fingerprint density at radius 1 is 1.07 bits per heavy atom. The lowest BCUT2D eigenvalue weighted by Gasteiger charge is -2.36. The molecule has 3 fully saturated rings. The largest absolute Gasteiger partial charge is 0.375 e. The second kappa shape index (κ2) is 10.8. The maximum absolute atomic E-state index is 12.6. The SMILES string of the molecule is CCc1ccc2nc(-c3ccc(N4CCC(OC5CCC(C(=O)NS(=O)(=O)C6(C)CC6)CC5)CC4)nc3)[nH]c2c1. The Morgan fingerprint density at radius 2 is 1.80 bits per heavy atom. The van der Waals surface area contributed by atoms with Crippen LogP contribution in [0.2, 0.25) is 0 Å². The molecule has 0 unspecified atom stereocenters. The van der Waals surface area contributed by atoms with Crippen molar-refractivity contribution in [3.8, 4) is 11.4 Å². The van der Waals surface area contributed by atoms with Crippen LogP contribution < -0.4 is 9.62 Å². The first-order valence-corrected chi connectivity index (χ1v) is 16.1. The number of sulfonamides is 1. The number of aryl methyl sites for hydroxylation is 1. The van der Waals surface area contributed by atoms with Gasteiger partial charge in [-0.15, -0.1) is 0 Å². The molecule has 1 saturated heterocycles. The number of rotatable bonds is 8. The third-order valence-corrected chi connectivity index (χ3v) is 11.2. The molecule has 9 nitrogen and oxygen atoms in total. The molecule has 1 aromatic carbocycles. The van der Waals surface area contributed by atoms with Crippen molar-refractivity contribution in [2.45, 2.75) is 88.6 Å². The van der Waals surface area contributed by atoms with Crippen LogP contribution in [0.1, 0.15) is 70.8 Å². The molecule has 10 heteroatoms. The summed E-state index contributed by atoms with van der Waals surface area (Å²) in [6.45, 7) is 5.62. The monoisotopic (exact) mass is 565 g/mol. The molecule has 1 amide bonds. The van der Waals surface area contributed by atoms with E-state index in [2.05, 4.69) is 51.9 Å². The fourth-order valence-corrected chi connectivity index (χ4v) is 7.18. The van der Waals surface area contributed by atoms with E-state index in [0.717, 1.165) is 73.4 Å². The summed E-state index contributed by atoms with van der Waals surface area (Å²) in [5, 5.41) is 0. The summed E-state index contributed by atoms with van der Waals surface area (Å²) in [5.74, 6) is 1.21. The standard InChI is InChI=1S/C30H39N5O4S/c1-3-20-4-10-25-26(18-20)33-28(32-25)22-7-11-27(31-19-22)35-16-12-24(13-17-35)39-23-8-5-21(6-9-23)29(36)34-40(37,38)30(2)14-15-30/h4,7,10-11,18-19,21,23-24H,3,5-6,8-9,12-17H2,1-2H3,(H,32,33)(H,34,36). The normalized spacial score (nSPS) is 23.3. The highest BCUT2D eigenvalue weighted by Crippen LogP contribution is 2.42. The molecule has 1 aliphatic heterocycles. The van der Waals surface area contributed by atoms with Gasteiger partial charge in [-0.3, -0.25) is 9.52 Å². The van der Waals surface area contributed by atoms with Crippen LogP contribution in [0.15, 0.2) is 36.5 Å². The van der Waals surface area contributed by atoms with Gasteiger partial charge in [-0.25, -0.2) is 18.4 Å². The quantitative estimate of drug-likeness (QED) is 0.406. The van der Waals surface area contributed by atoms with Crippen molar-refractivity contribution < 1.29 is 17.9 Å². The Labute approximate surface area is 236 Å². The third-order valence-electron chi connectivity index (χ3n) is 9.01. The van der Waals surface area contributed by atoms with Crippen LogP contribution in [0, 0.1) is 5.92 Å². The average Bonchev–Trinajstić information content (AvgIpc) is 3.59. The molecule has 0 atom stereocenters. The van der Waals surface area contributed by atoms with Gasteiger partial charge < -0.3 is 14.6 Å². The van der Waals surface area contributed by atoms with Crippen molar-refractivity contribution in [1.82, 2.24) is 19.7 Å². The number of nitrogens with zero attached hydrogens (tertiary/aromatic N) is 3. The van der Waals surface area contributed by atoms with Crippen LogP contribution in [0.5, 0.6) is 0 Å². The number of benzene rings is 1. The number of hydrogen-bond acceptors (Lipinski definition) is 7. The van der Waals surface area contributed by atoms with Gasteiger partial charge in [-0.1, -0.05) is 13.0 Å². The molecule has 0 spiro atoms. The van der Waals surface area contributed by atoms with Crippen LogP contribution >= 0.6 is 0 Å². The molecule has 2 N–H and O–H groups in total. The molecule has 2 aromatic heterocycles. The molecule has 0 bridgehead atoms. The van der Waals surface area contributed by atoms with Gasteiger partial charge in [-0.05, 0) is 94.5 Å². The average molecular weight is 566 g/mol. The zero-order valence-electron chi connectivity index (χ0n) is 23.4. The molecule has 214 valence electrons. The number of hydrogen-bond donors (Lipinski definition) is 2. The van der Waals surface area contributed by atoms with Crippen molar-refractivity contribution in [3.63, 3.8) is 0 Å². The van der Waals surface area contributed by atoms with Gasteiger partial charge in [0.15, 0.2) is 0 Å². The second-order valence-electron chi connectivity index (χ2n) is 11.9. The van der Waals surface area contributed by atoms with Crippen LogP contribution in [-0.2, 0) is 26.0 Å². The fraction of sp³-hybridized carbons (Fsp3) is 0.567.